The lowest BCUT2D eigenvalue weighted by Gasteiger charge is -2.26. The van der Waals surface area contributed by atoms with Crippen LogP contribution in [0.15, 0.2) is 23.3 Å². The Bertz CT molecular complexity index is 780. The van der Waals surface area contributed by atoms with Crippen molar-refractivity contribution < 1.29 is 8.42 Å². The van der Waals surface area contributed by atoms with Crippen LogP contribution in [0.2, 0.25) is 5.02 Å². The second-order valence-corrected chi connectivity index (χ2v) is 9.85. The molecule has 0 saturated carbocycles. The third-order valence-electron chi connectivity index (χ3n) is 5.04. The van der Waals surface area contributed by atoms with Gasteiger partial charge in [0, 0.05) is 51.5 Å². The van der Waals surface area contributed by atoms with Crippen molar-refractivity contribution in [2.24, 2.45) is 4.99 Å². The number of sulfone groups is 1. The van der Waals surface area contributed by atoms with Gasteiger partial charge in [-0.05, 0) is 25.5 Å². The molecule has 0 aliphatic carbocycles. The van der Waals surface area contributed by atoms with E-state index in [-0.39, 0.29) is 41.5 Å². The van der Waals surface area contributed by atoms with E-state index in [0.717, 1.165) is 44.4 Å². The molecule has 2 N–H and O–H groups in total. The van der Waals surface area contributed by atoms with Gasteiger partial charge >= 0.3 is 0 Å². The van der Waals surface area contributed by atoms with Crippen LogP contribution in [0.4, 0.5) is 5.82 Å². The molecular formula is C18H30ClIN6O2S. The zero-order valence-electron chi connectivity index (χ0n) is 16.7. The summed E-state index contributed by atoms with van der Waals surface area (Å²) in [6.07, 6.45) is 2.75. The van der Waals surface area contributed by atoms with Gasteiger partial charge < -0.3 is 15.5 Å². The van der Waals surface area contributed by atoms with Crippen molar-refractivity contribution in [3.63, 3.8) is 0 Å². The average Bonchev–Trinajstić information content (AvgIpc) is 3.12. The molecule has 1 aromatic rings. The fourth-order valence-corrected chi connectivity index (χ4v) is 4.99. The number of pyridine rings is 1. The van der Waals surface area contributed by atoms with E-state index in [9.17, 15) is 8.42 Å². The van der Waals surface area contributed by atoms with Crippen molar-refractivity contribution >= 4 is 57.2 Å². The third kappa shape index (κ3) is 7.41. The first kappa shape index (κ1) is 24.4. The van der Waals surface area contributed by atoms with Crippen LogP contribution in [0.3, 0.4) is 0 Å². The predicted octanol–water partition coefficient (Wildman–Crippen LogP) is 1.22. The molecule has 1 atom stereocenters. The number of hydrogen-bond acceptors (Lipinski definition) is 6. The maximum absolute atomic E-state index is 11.5. The highest BCUT2D eigenvalue weighted by molar-refractivity contribution is 14.0. The first-order chi connectivity index (χ1) is 13.5. The molecule has 29 heavy (non-hydrogen) atoms. The van der Waals surface area contributed by atoms with Crippen molar-refractivity contribution in [2.45, 2.75) is 19.4 Å². The van der Waals surface area contributed by atoms with Crippen LogP contribution in [-0.4, -0.2) is 87.6 Å². The fraction of sp³-hybridized carbons (Fsp3) is 0.667. The van der Waals surface area contributed by atoms with Gasteiger partial charge in [0.25, 0.3) is 0 Å². The Hall–Kier alpha value is -0.850. The molecule has 8 nitrogen and oxygen atoms in total. The predicted molar refractivity (Wildman–Crippen MR) is 129 cm³/mol. The van der Waals surface area contributed by atoms with Gasteiger partial charge in [-0.1, -0.05) is 11.6 Å². The molecule has 0 amide bonds. The van der Waals surface area contributed by atoms with Crippen molar-refractivity contribution in [3.8, 4) is 0 Å². The van der Waals surface area contributed by atoms with E-state index in [1.165, 1.54) is 0 Å². The monoisotopic (exact) mass is 556 g/mol. The summed E-state index contributed by atoms with van der Waals surface area (Å²) in [5, 5.41) is 7.46. The second-order valence-electron chi connectivity index (χ2n) is 7.14. The number of anilines is 1. The average molecular weight is 557 g/mol. The van der Waals surface area contributed by atoms with Crippen LogP contribution in [-0.2, 0) is 9.84 Å². The molecule has 164 valence electrons. The summed E-state index contributed by atoms with van der Waals surface area (Å²) in [6, 6.07) is 3.98. The van der Waals surface area contributed by atoms with E-state index in [0.29, 0.717) is 24.7 Å². The van der Waals surface area contributed by atoms with Crippen LogP contribution in [0, 0.1) is 0 Å². The van der Waals surface area contributed by atoms with Crippen LogP contribution < -0.4 is 15.5 Å². The molecule has 0 aromatic carbocycles. The highest BCUT2D eigenvalue weighted by Gasteiger charge is 2.25. The van der Waals surface area contributed by atoms with E-state index >= 15 is 0 Å². The van der Waals surface area contributed by atoms with E-state index in [4.69, 9.17) is 11.6 Å². The third-order valence-corrected chi connectivity index (χ3v) is 6.94. The lowest BCUT2D eigenvalue weighted by atomic mass is 10.3. The second kappa shape index (κ2) is 11.5. The van der Waals surface area contributed by atoms with Gasteiger partial charge in [-0.25, -0.2) is 13.4 Å². The number of nitrogens with zero attached hydrogens (tertiary/aromatic N) is 4. The maximum Gasteiger partial charge on any atom is 0.191 e. The van der Waals surface area contributed by atoms with E-state index in [2.05, 4.69) is 30.4 Å². The van der Waals surface area contributed by atoms with E-state index < -0.39 is 9.84 Å². The van der Waals surface area contributed by atoms with Crippen molar-refractivity contribution in [1.82, 2.24) is 20.5 Å². The Morgan fingerprint density at radius 1 is 1.34 bits per heavy atom. The number of aromatic nitrogens is 1. The van der Waals surface area contributed by atoms with Crippen molar-refractivity contribution in [1.29, 1.82) is 0 Å². The Balaban J connectivity index is 0.00000300. The van der Waals surface area contributed by atoms with Gasteiger partial charge in [-0.2, -0.15) is 0 Å². The van der Waals surface area contributed by atoms with Crippen molar-refractivity contribution in [2.75, 3.05) is 62.2 Å². The Kier molecular flexibility index (Phi) is 9.70. The maximum atomic E-state index is 11.5. The van der Waals surface area contributed by atoms with Crippen molar-refractivity contribution in [3.05, 3.63) is 23.4 Å². The summed E-state index contributed by atoms with van der Waals surface area (Å²) in [5.74, 6) is 2.13. The lowest BCUT2D eigenvalue weighted by molar-refractivity contribution is 0.304. The van der Waals surface area contributed by atoms with Crippen LogP contribution in [0.5, 0.6) is 0 Å². The highest BCUT2D eigenvalue weighted by Crippen LogP contribution is 2.25. The van der Waals surface area contributed by atoms with Gasteiger partial charge in [0.1, 0.15) is 5.82 Å². The molecule has 2 fully saturated rings. The lowest BCUT2D eigenvalue weighted by Crippen LogP contribution is -2.45. The summed E-state index contributed by atoms with van der Waals surface area (Å²) in [4.78, 5) is 13.4. The van der Waals surface area contributed by atoms with E-state index in [1.807, 2.05) is 19.1 Å². The SMILES string of the molecule is CCNC(=NCCN1CCS(=O)(=O)CC1)NC1CCN(c2ncccc2Cl)C1.I. The minimum atomic E-state index is -2.83. The summed E-state index contributed by atoms with van der Waals surface area (Å²) < 4.78 is 23.0. The molecule has 2 aliphatic rings. The standard InChI is InChI=1S/C18H29ClN6O2S.HI/c1-2-20-18(22-7-9-24-10-12-28(26,27)13-11-24)23-15-5-8-25(14-15)17-16(19)4-3-6-21-17;/h3-4,6,15H,2,5,7-14H2,1H3,(H2,20,22,23);1H. The molecule has 0 radical (unpaired) electrons. The van der Waals surface area contributed by atoms with Gasteiger partial charge in [-0.3, -0.25) is 9.89 Å². The summed E-state index contributed by atoms with van der Waals surface area (Å²) in [6.45, 7) is 7.16. The fourth-order valence-electron chi connectivity index (χ4n) is 3.47. The number of rotatable bonds is 6. The molecule has 1 aromatic heterocycles. The minimum Gasteiger partial charge on any atom is -0.357 e. The largest absolute Gasteiger partial charge is 0.357 e. The normalized spacial score (nSPS) is 22.2. The molecule has 11 heteroatoms. The van der Waals surface area contributed by atoms with E-state index in [1.54, 1.807) is 6.20 Å². The summed E-state index contributed by atoms with van der Waals surface area (Å²) >= 11 is 6.26. The zero-order valence-corrected chi connectivity index (χ0v) is 20.6. The molecule has 2 saturated heterocycles. The zero-order chi connectivity index (χ0) is 20.0. The molecule has 3 heterocycles. The Labute approximate surface area is 195 Å². The number of nitrogens with one attached hydrogen (secondary N) is 2. The Morgan fingerprint density at radius 3 is 2.79 bits per heavy atom. The molecule has 0 spiro atoms. The quantitative estimate of drug-likeness (QED) is 0.309. The first-order valence-corrected chi connectivity index (χ1v) is 12.0. The van der Waals surface area contributed by atoms with Gasteiger partial charge in [0.15, 0.2) is 15.8 Å². The number of hydrogen-bond donors (Lipinski definition) is 2. The molecule has 2 aliphatic heterocycles. The highest BCUT2D eigenvalue weighted by atomic mass is 127. The summed E-state index contributed by atoms with van der Waals surface area (Å²) in [5.41, 5.74) is 0. The first-order valence-electron chi connectivity index (χ1n) is 9.80. The molecule has 1 unspecified atom stereocenters. The Morgan fingerprint density at radius 2 is 2.10 bits per heavy atom. The van der Waals surface area contributed by atoms with Crippen LogP contribution in [0.1, 0.15) is 13.3 Å². The topological polar surface area (TPSA) is 89.9 Å². The van der Waals surface area contributed by atoms with Gasteiger partial charge in [0.2, 0.25) is 0 Å². The minimum absolute atomic E-state index is 0. The van der Waals surface area contributed by atoms with Crippen LogP contribution in [0.25, 0.3) is 0 Å². The molecular weight excluding hydrogens is 527 g/mol. The molecule has 3 rings (SSSR count). The van der Waals surface area contributed by atoms with Crippen LogP contribution >= 0.6 is 35.6 Å². The number of halogens is 2. The smallest absolute Gasteiger partial charge is 0.191 e. The van der Waals surface area contributed by atoms with Gasteiger partial charge in [0.05, 0.1) is 23.1 Å². The molecule has 0 bridgehead atoms. The number of aliphatic imine (C=N–C) groups is 1. The van der Waals surface area contributed by atoms with Gasteiger partial charge in [-0.15, -0.1) is 24.0 Å². The summed E-state index contributed by atoms with van der Waals surface area (Å²) in [7, 11) is -2.83. The number of guanidine groups is 1.